The summed E-state index contributed by atoms with van der Waals surface area (Å²) in [5, 5.41) is 0.632. The van der Waals surface area contributed by atoms with E-state index in [1.54, 1.807) is 18.1 Å². The molecule has 0 spiro atoms. The van der Waals surface area contributed by atoms with Crippen LogP contribution in [0.2, 0.25) is 8.67 Å². The summed E-state index contributed by atoms with van der Waals surface area (Å²) in [6, 6.07) is 5.54. The molecule has 10 heteroatoms. The number of halogens is 2. The first kappa shape index (κ1) is 22.8. The van der Waals surface area contributed by atoms with E-state index >= 15 is 0 Å². The van der Waals surface area contributed by atoms with Crippen LogP contribution in [0, 0.1) is 6.92 Å². The molecule has 166 valence electrons. The number of thiazole rings is 1. The third-order valence-corrected chi connectivity index (χ3v) is 7.94. The fourth-order valence-electron chi connectivity index (χ4n) is 3.57. The minimum atomic E-state index is -0.189. The van der Waals surface area contributed by atoms with E-state index in [0.717, 1.165) is 55.0 Å². The first-order valence-electron chi connectivity index (χ1n) is 9.99. The number of benzene rings is 1. The van der Waals surface area contributed by atoms with Crippen LogP contribution in [0.15, 0.2) is 18.2 Å². The van der Waals surface area contributed by atoms with Crippen LogP contribution in [-0.2, 0) is 4.74 Å². The molecule has 0 radical (unpaired) electrons. The number of nitrogens with zero attached hydrogens (tertiary/aromatic N) is 3. The lowest BCUT2D eigenvalue weighted by Crippen LogP contribution is -2.39. The van der Waals surface area contributed by atoms with Gasteiger partial charge < -0.3 is 9.47 Å². The Balaban J connectivity index is 1.64. The minimum Gasteiger partial charge on any atom is -0.494 e. The number of anilines is 1. The molecule has 0 bridgehead atoms. The fraction of sp³-hybridized carbons (Fsp3) is 0.429. The molecule has 1 fully saturated rings. The highest BCUT2D eigenvalue weighted by molar-refractivity contribution is 7.22. The Hall–Kier alpha value is -1.42. The molecule has 6 nitrogen and oxygen atoms in total. The molecule has 1 saturated heterocycles. The van der Waals surface area contributed by atoms with E-state index in [0.29, 0.717) is 31.7 Å². The van der Waals surface area contributed by atoms with Crippen molar-refractivity contribution in [3.8, 4) is 5.75 Å². The van der Waals surface area contributed by atoms with Gasteiger partial charge in [0.05, 0.1) is 34.9 Å². The quantitative estimate of drug-likeness (QED) is 0.438. The number of fused-ring (bicyclic) bond motifs is 1. The molecule has 0 N–H and O–H groups in total. The van der Waals surface area contributed by atoms with Gasteiger partial charge in [-0.3, -0.25) is 14.6 Å². The highest BCUT2D eigenvalue weighted by Gasteiger charge is 2.26. The molecule has 2 aromatic heterocycles. The van der Waals surface area contributed by atoms with Crippen molar-refractivity contribution in [2.75, 3.05) is 51.4 Å². The molecule has 0 aliphatic carbocycles. The maximum absolute atomic E-state index is 13.5. The zero-order valence-electron chi connectivity index (χ0n) is 17.3. The number of carbonyl (C=O) groups is 1. The summed E-state index contributed by atoms with van der Waals surface area (Å²) >= 11 is 15.1. The Morgan fingerprint density at radius 2 is 2.06 bits per heavy atom. The van der Waals surface area contributed by atoms with Gasteiger partial charge in [0.2, 0.25) is 0 Å². The number of rotatable bonds is 7. The van der Waals surface area contributed by atoms with E-state index in [-0.39, 0.29) is 5.91 Å². The first-order chi connectivity index (χ1) is 15.0. The van der Waals surface area contributed by atoms with Gasteiger partial charge in [0.15, 0.2) is 5.13 Å². The predicted molar refractivity (Wildman–Crippen MR) is 129 cm³/mol. The predicted octanol–water partition coefficient (Wildman–Crippen LogP) is 5.35. The number of hydrogen-bond acceptors (Lipinski definition) is 7. The summed E-state index contributed by atoms with van der Waals surface area (Å²) in [7, 11) is 1.63. The van der Waals surface area contributed by atoms with Gasteiger partial charge in [0.1, 0.15) is 15.6 Å². The molecule has 0 atom stereocenters. The minimum absolute atomic E-state index is 0.189. The van der Waals surface area contributed by atoms with Crippen molar-refractivity contribution in [2.24, 2.45) is 0 Å². The molecule has 4 rings (SSSR count). The number of aryl methyl sites for hydroxylation is 1. The topological polar surface area (TPSA) is 54.9 Å². The summed E-state index contributed by atoms with van der Waals surface area (Å²) in [6.45, 7) is 6.78. The third-order valence-electron chi connectivity index (χ3n) is 5.23. The van der Waals surface area contributed by atoms with Crippen molar-refractivity contribution >= 4 is 67.1 Å². The molecule has 3 aromatic rings. The molecule has 1 aromatic carbocycles. The van der Waals surface area contributed by atoms with E-state index in [4.69, 9.17) is 37.7 Å². The monoisotopic (exact) mass is 499 g/mol. The van der Waals surface area contributed by atoms with Gasteiger partial charge in [0, 0.05) is 26.2 Å². The Morgan fingerprint density at radius 3 is 2.74 bits per heavy atom. The van der Waals surface area contributed by atoms with Crippen LogP contribution in [-0.4, -0.2) is 62.3 Å². The van der Waals surface area contributed by atoms with Crippen LogP contribution in [0.4, 0.5) is 5.13 Å². The van der Waals surface area contributed by atoms with Gasteiger partial charge >= 0.3 is 0 Å². The second-order valence-electron chi connectivity index (χ2n) is 7.26. The highest BCUT2D eigenvalue weighted by atomic mass is 35.5. The Kier molecular flexibility index (Phi) is 7.36. The SMILES string of the molecule is COc1ccc(C)c2sc(N(CCCN3CCOCC3)C(=O)c3cc(Cl)sc3Cl)nc12. The van der Waals surface area contributed by atoms with Crippen LogP contribution >= 0.6 is 45.9 Å². The third kappa shape index (κ3) is 4.99. The Labute approximate surface area is 199 Å². The van der Waals surface area contributed by atoms with E-state index < -0.39 is 0 Å². The normalized spacial score (nSPS) is 14.8. The molecule has 1 aliphatic rings. The van der Waals surface area contributed by atoms with Gasteiger partial charge in [-0.1, -0.05) is 40.6 Å². The summed E-state index contributed by atoms with van der Waals surface area (Å²) in [4.78, 5) is 22.3. The van der Waals surface area contributed by atoms with Crippen molar-refractivity contribution in [3.63, 3.8) is 0 Å². The molecule has 31 heavy (non-hydrogen) atoms. The zero-order valence-corrected chi connectivity index (χ0v) is 20.5. The number of carbonyl (C=O) groups excluding carboxylic acids is 1. The van der Waals surface area contributed by atoms with Crippen molar-refractivity contribution in [1.29, 1.82) is 0 Å². The van der Waals surface area contributed by atoms with Gasteiger partial charge in [0.25, 0.3) is 5.91 Å². The molecular formula is C21H23Cl2N3O3S2. The number of amides is 1. The van der Waals surface area contributed by atoms with Gasteiger partial charge in [-0.2, -0.15) is 0 Å². The van der Waals surface area contributed by atoms with E-state index in [2.05, 4.69) is 4.90 Å². The number of ether oxygens (including phenoxy) is 2. The largest absolute Gasteiger partial charge is 0.494 e. The molecule has 0 saturated carbocycles. The van der Waals surface area contributed by atoms with Crippen LogP contribution < -0.4 is 9.64 Å². The lowest BCUT2D eigenvalue weighted by atomic mass is 10.2. The maximum atomic E-state index is 13.5. The smallest absolute Gasteiger partial charge is 0.262 e. The summed E-state index contributed by atoms with van der Waals surface area (Å²) in [5.74, 6) is 0.506. The lowest BCUT2D eigenvalue weighted by Gasteiger charge is -2.27. The van der Waals surface area contributed by atoms with Gasteiger partial charge in [-0.15, -0.1) is 11.3 Å². The van der Waals surface area contributed by atoms with Gasteiger partial charge in [-0.25, -0.2) is 4.98 Å². The second kappa shape index (κ2) is 10.0. The van der Waals surface area contributed by atoms with Crippen molar-refractivity contribution < 1.29 is 14.3 Å². The van der Waals surface area contributed by atoms with Crippen LogP contribution in [0.3, 0.4) is 0 Å². The lowest BCUT2D eigenvalue weighted by molar-refractivity contribution is 0.0376. The van der Waals surface area contributed by atoms with Crippen molar-refractivity contribution in [1.82, 2.24) is 9.88 Å². The summed E-state index contributed by atoms with van der Waals surface area (Å²) in [6.07, 6.45) is 0.813. The maximum Gasteiger partial charge on any atom is 0.262 e. The Morgan fingerprint density at radius 1 is 1.29 bits per heavy atom. The highest BCUT2D eigenvalue weighted by Crippen LogP contribution is 2.38. The number of thiophene rings is 1. The van der Waals surface area contributed by atoms with Gasteiger partial charge in [-0.05, 0) is 31.0 Å². The van der Waals surface area contributed by atoms with Crippen LogP contribution in [0.25, 0.3) is 10.2 Å². The molecule has 3 heterocycles. The fourth-order valence-corrected chi connectivity index (χ4v) is 6.10. The first-order valence-corrected chi connectivity index (χ1v) is 12.4. The van der Waals surface area contributed by atoms with Crippen LogP contribution in [0.5, 0.6) is 5.75 Å². The molecule has 0 unspecified atom stereocenters. The average Bonchev–Trinajstić information content (AvgIpc) is 3.35. The standard InChI is InChI=1S/C21H23Cl2N3O3S2/c1-13-4-5-15(28-2)17-18(13)31-21(24-17)26(7-3-6-25-8-10-29-11-9-25)20(27)14-12-16(22)30-19(14)23/h4-5,12H,3,6-11H2,1-2H3. The van der Waals surface area contributed by atoms with E-state index in [1.165, 1.54) is 22.7 Å². The van der Waals surface area contributed by atoms with E-state index in [1.807, 2.05) is 19.1 Å². The number of methoxy groups -OCH3 is 1. The Bertz CT molecular complexity index is 1080. The number of aromatic nitrogens is 1. The summed E-state index contributed by atoms with van der Waals surface area (Å²) in [5.41, 5.74) is 2.27. The van der Waals surface area contributed by atoms with Crippen LogP contribution in [0.1, 0.15) is 22.3 Å². The molecule has 1 aliphatic heterocycles. The molecule has 1 amide bonds. The second-order valence-corrected chi connectivity index (χ2v) is 10.5. The van der Waals surface area contributed by atoms with Crippen molar-refractivity contribution in [2.45, 2.75) is 13.3 Å². The number of morpholine rings is 1. The van der Waals surface area contributed by atoms with Crippen molar-refractivity contribution in [3.05, 3.63) is 38.0 Å². The average molecular weight is 500 g/mol. The summed E-state index contributed by atoms with van der Waals surface area (Å²) < 4.78 is 12.8. The van der Waals surface area contributed by atoms with E-state index in [9.17, 15) is 4.79 Å². The zero-order chi connectivity index (χ0) is 22.0. The molecular weight excluding hydrogens is 477 g/mol. The number of hydrogen-bond donors (Lipinski definition) is 0.